The predicted octanol–water partition coefficient (Wildman–Crippen LogP) is 4.83. The summed E-state index contributed by atoms with van der Waals surface area (Å²) in [6.07, 6.45) is 3.08. The topological polar surface area (TPSA) is 55.5 Å². The van der Waals surface area contributed by atoms with Crippen molar-refractivity contribution >= 4 is 16.9 Å². The van der Waals surface area contributed by atoms with E-state index in [0.717, 1.165) is 35.9 Å². The van der Waals surface area contributed by atoms with Crippen LogP contribution in [0.25, 0.3) is 11.0 Å². The van der Waals surface area contributed by atoms with E-state index >= 15 is 0 Å². The number of furan rings is 1. The molecule has 30 heavy (non-hydrogen) atoms. The number of hydrogen-bond donors (Lipinski definition) is 0. The van der Waals surface area contributed by atoms with Crippen LogP contribution in [-0.2, 0) is 0 Å². The standard InChI is InChI=1S/C25H28N2O3/c1-16(2)10-11-21-19-12-18(20-7-5-9-24(28)27(20)21)14-26(15-19)25(29)23-13-17-6-3-4-8-22(17)30-23/h3-9,13,16,18-19,21H,10-12,14-15H2,1-2H3/t18-,19+,21+/m1/s1. The van der Waals surface area contributed by atoms with Crippen molar-refractivity contribution in [1.82, 2.24) is 9.47 Å². The molecule has 1 aromatic carbocycles. The molecule has 5 rings (SSSR count). The van der Waals surface area contributed by atoms with Gasteiger partial charge in [0.25, 0.3) is 11.5 Å². The Labute approximate surface area is 176 Å². The summed E-state index contributed by atoms with van der Waals surface area (Å²) in [5.74, 6) is 1.43. The molecule has 0 N–H and O–H groups in total. The maximum atomic E-state index is 13.3. The highest BCUT2D eigenvalue weighted by Crippen LogP contribution is 2.43. The number of carbonyl (C=O) groups excluding carboxylic acids is 1. The van der Waals surface area contributed by atoms with E-state index < -0.39 is 0 Å². The van der Waals surface area contributed by atoms with Gasteiger partial charge in [0.05, 0.1) is 0 Å². The Morgan fingerprint density at radius 3 is 2.77 bits per heavy atom. The second-order valence-electron chi connectivity index (χ2n) is 9.25. The largest absolute Gasteiger partial charge is 0.451 e. The first-order valence-electron chi connectivity index (χ1n) is 11.0. The molecular weight excluding hydrogens is 376 g/mol. The molecule has 1 saturated heterocycles. The Kier molecular flexibility index (Phi) is 4.76. The van der Waals surface area contributed by atoms with Crippen molar-refractivity contribution in [2.24, 2.45) is 11.8 Å². The summed E-state index contributed by atoms with van der Waals surface area (Å²) in [6, 6.07) is 15.3. The Morgan fingerprint density at radius 2 is 1.97 bits per heavy atom. The minimum atomic E-state index is -0.0461. The van der Waals surface area contributed by atoms with E-state index in [-0.39, 0.29) is 23.4 Å². The molecule has 156 valence electrons. The van der Waals surface area contributed by atoms with Gasteiger partial charge in [0.15, 0.2) is 5.76 Å². The second-order valence-corrected chi connectivity index (χ2v) is 9.25. The molecular formula is C25H28N2O3. The van der Waals surface area contributed by atoms with Crippen molar-refractivity contribution in [3.63, 3.8) is 0 Å². The zero-order chi connectivity index (χ0) is 20.8. The van der Waals surface area contributed by atoms with Crippen LogP contribution < -0.4 is 5.56 Å². The van der Waals surface area contributed by atoms with Crippen molar-refractivity contribution < 1.29 is 9.21 Å². The van der Waals surface area contributed by atoms with Crippen LogP contribution in [0, 0.1) is 11.8 Å². The van der Waals surface area contributed by atoms with Crippen LogP contribution in [0.15, 0.2) is 57.7 Å². The minimum Gasteiger partial charge on any atom is -0.451 e. The summed E-state index contributed by atoms with van der Waals surface area (Å²) in [5, 5.41) is 0.949. The van der Waals surface area contributed by atoms with E-state index in [9.17, 15) is 9.59 Å². The second kappa shape index (κ2) is 7.46. The molecule has 1 fully saturated rings. The number of para-hydroxylation sites is 1. The molecule has 3 aromatic rings. The van der Waals surface area contributed by atoms with E-state index in [4.69, 9.17) is 4.42 Å². The van der Waals surface area contributed by atoms with Crippen LogP contribution in [0.2, 0.25) is 0 Å². The monoisotopic (exact) mass is 404 g/mol. The molecule has 2 aliphatic heterocycles. The highest BCUT2D eigenvalue weighted by atomic mass is 16.3. The molecule has 0 unspecified atom stereocenters. The number of benzene rings is 1. The van der Waals surface area contributed by atoms with Crippen molar-refractivity contribution in [3.8, 4) is 0 Å². The summed E-state index contributed by atoms with van der Waals surface area (Å²) in [6.45, 7) is 5.75. The predicted molar refractivity (Wildman–Crippen MR) is 117 cm³/mol. The molecule has 1 amide bonds. The molecule has 3 atom stereocenters. The molecule has 2 bridgehead atoms. The molecule has 5 nitrogen and oxygen atoms in total. The minimum absolute atomic E-state index is 0.0461. The number of amides is 1. The normalized spacial score (nSPS) is 23.0. The lowest BCUT2D eigenvalue weighted by molar-refractivity contribution is 0.0487. The number of aromatic nitrogens is 1. The van der Waals surface area contributed by atoms with E-state index in [1.807, 2.05) is 45.9 Å². The van der Waals surface area contributed by atoms with Crippen molar-refractivity contribution in [1.29, 1.82) is 0 Å². The smallest absolute Gasteiger partial charge is 0.289 e. The summed E-state index contributed by atoms with van der Waals surface area (Å²) < 4.78 is 7.89. The molecule has 5 heteroatoms. The van der Waals surface area contributed by atoms with E-state index in [1.54, 1.807) is 6.07 Å². The van der Waals surface area contributed by atoms with Crippen molar-refractivity contribution in [2.75, 3.05) is 13.1 Å². The van der Waals surface area contributed by atoms with Gasteiger partial charge in [0.2, 0.25) is 0 Å². The first kappa shape index (κ1) is 19.2. The Hall–Kier alpha value is -2.82. The number of fused-ring (bicyclic) bond motifs is 5. The quantitative estimate of drug-likeness (QED) is 0.626. The van der Waals surface area contributed by atoms with Crippen LogP contribution in [-0.4, -0.2) is 28.5 Å². The van der Waals surface area contributed by atoms with Gasteiger partial charge in [0, 0.05) is 42.2 Å². The van der Waals surface area contributed by atoms with Gasteiger partial charge in [-0.05, 0) is 49.3 Å². The summed E-state index contributed by atoms with van der Waals surface area (Å²) in [4.78, 5) is 28.0. The van der Waals surface area contributed by atoms with Gasteiger partial charge in [-0.2, -0.15) is 0 Å². The lowest BCUT2D eigenvalue weighted by Crippen LogP contribution is -2.51. The fourth-order valence-corrected chi connectivity index (χ4v) is 5.32. The third kappa shape index (κ3) is 3.26. The number of rotatable bonds is 4. The molecule has 0 aliphatic carbocycles. The third-order valence-corrected chi connectivity index (χ3v) is 6.76. The fraction of sp³-hybridized carbons (Fsp3) is 0.440. The molecule has 0 saturated carbocycles. The number of likely N-dealkylation sites (tertiary alicyclic amines) is 1. The first-order chi connectivity index (χ1) is 14.5. The number of carbonyl (C=O) groups is 1. The van der Waals surface area contributed by atoms with Crippen molar-refractivity contribution in [2.45, 2.75) is 45.1 Å². The summed E-state index contributed by atoms with van der Waals surface area (Å²) in [7, 11) is 0. The van der Waals surface area contributed by atoms with Gasteiger partial charge in [-0.15, -0.1) is 0 Å². The maximum Gasteiger partial charge on any atom is 0.289 e. The van der Waals surface area contributed by atoms with Crippen LogP contribution >= 0.6 is 0 Å². The molecule has 2 aromatic heterocycles. The van der Waals surface area contributed by atoms with Gasteiger partial charge in [-0.1, -0.05) is 38.1 Å². The Balaban J connectivity index is 1.47. The van der Waals surface area contributed by atoms with Gasteiger partial charge < -0.3 is 13.9 Å². The first-order valence-corrected chi connectivity index (χ1v) is 11.0. The molecule has 0 spiro atoms. The lowest BCUT2D eigenvalue weighted by atomic mass is 9.76. The Morgan fingerprint density at radius 1 is 1.13 bits per heavy atom. The highest BCUT2D eigenvalue weighted by molar-refractivity contribution is 5.96. The van der Waals surface area contributed by atoms with Crippen LogP contribution in [0.5, 0.6) is 0 Å². The van der Waals surface area contributed by atoms with Gasteiger partial charge in [-0.3, -0.25) is 9.59 Å². The lowest BCUT2D eigenvalue weighted by Gasteiger charge is -2.47. The van der Waals surface area contributed by atoms with Crippen LogP contribution in [0.4, 0.5) is 0 Å². The highest BCUT2D eigenvalue weighted by Gasteiger charge is 2.42. The van der Waals surface area contributed by atoms with Crippen LogP contribution in [0.3, 0.4) is 0 Å². The number of nitrogens with zero attached hydrogens (tertiary/aromatic N) is 2. The SMILES string of the molecule is CC(C)CC[C@H]1[C@H]2C[C@H](CN(C(=O)c3cc4ccccc4o3)C2)c2cccc(=O)n21. The summed E-state index contributed by atoms with van der Waals surface area (Å²) in [5.41, 5.74) is 1.91. The van der Waals surface area contributed by atoms with Crippen LogP contribution in [0.1, 0.15) is 61.3 Å². The maximum absolute atomic E-state index is 13.3. The number of pyridine rings is 1. The third-order valence-electron chi connectivity index (χ3n) is 6.76. The van der Waals surface area contributed by atoms with Gasteiger partial charge >= 0.3 is 0 Å². The molecule has 4 heterocycles. The Bertz CT molecular complexity index is 1110. The van der Waals surface area contributed by atoms with E-state index in [1.165, 1.54) is 0 Å². The number of hydrogen-bond acceptors (Lipinski definition) is 3. The van der Waals surface area contributed by atoms with E-state index in [0.29, 0.717) is 30.7 Å². The zero-order valence-electron chi connectivity index (χ0n) is 17.6. The van der Waals surface area contributed by atoms with Gasteiger partial charge in [0.1, 0.15) is 5.58 Å². The summed E-state index contributed by atoms with van der Waals surface area (Å²) >= 11 is 0. The molecule has 2 aliphatic rings. The number of piperidine rings is 1. The zero-order valence-corrected chi connectivity index (χ0v) is 17.6. The fourth-order valence-electron chi connectivity index (χ4n) is 5.32. The average molecular weight is 405 g/mol. The van der Waals surface area contributed by atoms with Gasteiger partial charge in [-0.25, -0.2) is 0 Å². The molecule has 0 radical (unpaired) electrons. The average Bonchev–Trinajstić information content (AvgIpc) is 3.17. The van der Waals surface area contributed by atoms with E-state index in [2.05, 4.69) is 19.9 Å². The van der Waals surface area contributed by atoms with Crippen molar-refractivity contribution in [3.05, 3.63) is 70.3 Å².